The van der Waals surface area contributed by atoms with Crippen LogP contribution in [0.5, 0.6) is 11.5 Å². The minimum Gasteiger partial charge on any atom is -0.493 e. The summed E-state index contributed by atoms with van der Waals surface area (Å²) in [5.74, 6) is 0.541. The Morgan fingerprint density at radius 3 is 2.27 bits per heavy atom. The lowest BCUT2D eigenvalue weighted by Crippen LogP contribution is -2.19. The molecule has 1 aromatic heterocycles. The molecule has 1 amide bonds. The number of halogens is 1. The Balaban J connectivity index is 1.14. The molecule has 41 heavy (non-hydrogen) atoms. The molecule has 0 spiro atoms. The number of para-hydroxylation sites is 2. The Labute approximate surface area is 237 Å². The van der Waals surface area contributed by atoms with Gasteiger partial charge in [-0.2, -0.15) is 0 Å². The predicted molar refractivity (Wildman–Crippen MR) is 161 cm³/mol. The fraction of sp³-hybridized carbons (Fsp3) is 0.212. The number of aryl methyl sites for hydroxylation is 1. The molecular formula is C33H32FN3O4. The molecule has 0 saturated heterocycles. The van der Waals surface area contributed by atoms with Crippen LogP contribution in [0.3, 0.4) is 0 Å². The molecule has 0 bridgehead atoms. The molecular weight excluding hydrogens is 521 g/mol. The summed E-state index contributed by atoms with van der Waals surface area (Å²) in [5.41, 5.74) is 3.34. The highest BCUT2D eigenvalue weighted by atomic mass is 19.1. The van der Waals surface area contributed by atoms with Crippen molar-refractivity contribution in [2.45, 2.75) is 19.3 Å². The van der Waals surface area contributed by atoms with Gasteiger partial charge in [-0.15, -0.1) is 0 Å². The standard InChI is InChI=1S/C33H32FN3O4/c1-40-28-16-13-22(20-29(28)41-2)17-19-35-18-5-6-21-11-14-23(15-12-21)36-33(39)26-9-3-7-24-30(26)37-31-25(32(24)38)8-4-10-27(31)34/h3-4,7-16,20,35H,5-6,17-19H2,1-2H3,(H,36,39)(H,37,38). The number of benzene rings is 4. The Kier molecular flexibility index (Phi) is 8.60. The second-order valence-corrected chi connectivity index (χ2v) is 9.79. The number of anilines is 1. The molecule has 0 unspecified atom stereocenters. The van der Waals surface area contributed by atoms with Gasteiger partial charge in [-0.25, -0.2) is 4.39 Å². The van der Waals surface area contributed by atoms with Crippen molar-refractivity contribution in [1.29, 1.82) is 0 Å². The van der Waals surface area contributed by atoms with E-state index in [1.165, 1.54) is 23.3 Å². The van der Waals surface area contributed by atoms with Crippen LogP contribution in [0.15, 0.2) is 83.7 Å². The topological polar surface area (TPSA) is 92.5 Å². The van der Waals surface area contributed by atoms with Gasteiger partial charge in [-0.05, 0) is 92.0 Å². The van der Waals surface area contributed by atoms with Gasteiger partial charge >= 0.3 is 0 Å². The molecule has 8 heteroatoms. The number of hydrogen-bond acceptors (Lipinski definition) is 5. The van der Waals surface area contributed by atoms with Crippen LogP contribution >= 0.6 is 0 Å². The highest BCUT2D eigenvalue weighted by molar-refractivity contribution is 6.13. The number of fused-ring (bicyclic) bond motifs is 2. The Hall–Kier alpha value is -4.69. The summed E-state index contributed by atoms with van der Waals surface area (Å²) >= 11 is 0. The van der Waals surface area contributed by atoms with Crippen molar-refractivity contribution < 1.29 is 18.7 Å². The number of carbonyl (C=O) groups is 1. The van der Waals surface area contributed by atoms with Gasteiger partial charge in [0.05, 0.1) is 30.8 Å². The first-order valence-corrected chi connectivity index (χ1v) is 13.5. The van der Waals surface area contributed by atoms with Gasteiger partial charge in [0.25, 0.3) is 5.91 Å². The zero-order valence-electron chi connectivity index (χ0n) is 23.1. The largest absolute Gasteiger partial charge is 0.493 e. The quantitative estimate of drug-likeness (QED) is 0.141. The van der Waals surface area contributed by atoms with Crippen LogP contribution in [0.1, 0.15) is 27.9 Å². The first-order valence-electron chi connectivity index (χ1n) is 13.5. The Morgan fingerprint density at radius 2 is 1.51 bits per heavy atom. The van der Waals surface area contributed by atoms with Crippen molar-refractivity contribution in [3.63, 3.8) is 0 Å². The molecule has 210 valence electrons. The second-order valence-electron chi connectivity index (χ2n) is 9.79. The summed E-state index contributed by atoms with van der Waals surface area (Å²) in [6.07, 6.45) is 2.77. The van der Waals surface area contributed by atoms with Crippen LogP contribution in [0, 0.1) is 5.82 Å². The molecule has 1 heterocycles. The number of pyridine rings is 1. The number of amides is 1. The molecule has 0 saturated carbocycles. The maximum atomic E-state index is 14.4. The molecule has 7 nitrogen and oxygen atoms in total. The summed E-state index contributed by atoms with van der Waals surface area (Å²) in [6, 6.07) is 22.9. The number of hydrogen-bond donors (Lipinski definition) is 3. The zero-order valence-corrected chi connectivity index (χ0v) is 23.1. The Morgan fingerprint density at radius 1 is 0.805 bits per heavy atom. The molecule has 0 fully saturated rings. The van der Waals surface area contributed by atoms with Gasteiger partial charge in [-0.3, -0.25) is 9.59 Å². The van der Waals surface area contributed by atoms with Crippen molar-refractivity contribution in [2.75, 3.05) is 32.6 Å². The first kappa shape index (κ1) is 27.9. The average molecular weight is 554 g/mol. The van der Waals surface area contributed by atoms with E-state index < -0.39 is 5.82 Å². The summed E-state index contributed by atoms with van der Waals surface area (Å²) in [6.45, 7) is 1.75. The number of H-pyrrole nitrogens is 1. The van der Waals surface area contributed by atoms with Crippen LogP contribution < -0.4 is 25.5 Å². The maximum Gasteiger partial charge on any atom is 0.257 e. The smallest absolute Gasteiger partial charge is 0.257 e. The van der Waals surface area contributed by atoms with Crippen LogP contribution in [0.25, 0.3) is 21.8 Å². The lowest BCUT2D eigenvalue weighted by molar-refractivity contribution is 0.102. The molecule has 4 aromatic carbocycles. The van der Waals surface area contributed by atoms with Crippen LogP contribution in [-0.2, 0) is 12.8 Å². The second kappa shape index (κ2) is 12.7. The third kappa shape index (κ3) is 6.23. The van der Waals surface area contributed by atoms with Crippen molar-refractivity contribution in [1.82, 2.24) is 10.3 Å². The van der Waals surface area contributed by atoms with E-state index in [1.54, 1.807) is 38.5 Å². The fourth-order valence-electron chi connectivity index (χ4n) is 4.94. The minimum atomic E-state index is -0.541. The van der Waals surface area contributed by atoms with E-state index >= 15 is 0 Å². The van der Waals surface area contributed by atoms with E-state index in [2.05, 4.69) is 15.6 Å². The van der Waals surface area contributed by atoms with Crippen molar-refractivity contribution in [3.8, 4) is 11.5 Å². The highest BCUT2D eigenvalue weighted by Crippen LogP contribution is 2.27. The van der Waals surface area contributed by atoms with Crippen molar-refractivity contribution in [3.05, 3.63) is 112 Å². The van der Waals surface area contributed by atoms with Gasteiger partial charge in [0.1, 0.15) is 5.82 Å². The number of aromatic nitrogens is 1. The molecule has 5 rings (SSSR count). The third-order valence-electron chi connectivity index (χ3n) is 7.13. The fourth-order valence-corrected chi connectivity index (χ4v) is 4.94. The predicted octanol–water partition coefficient (Wildman–Crippen LogP) is 5.85. The summed E-state index contributed by atoms with van der Waals surface area (Å²) < 4.78 is 25.1. The summed E-state index contributed by atoms with van der Waals surface area (Å²) in [7, 11) is 3.27. The summed E-state index contributed by atoms with van der Waals surface area (Å²) in [4.78, 5) is 29.0. The van der Waals surface area contributed by atoms with Crippen molar-refractivity contribution >= 4 is 33.4 Å². The Bertz CT molecular complexity index is 1750. The first-order chi connectivity index (χ1) is 20.0. The van der Waals surface area contributed by atoms with Crippen LogP contribution in [0.2, 0.25) is 0 Å². The number of methoxy groups -OCH3 is 2. The average Bonchev–Trinajstić information content (AvgIpc) is 3.00. The number of ether oxygens (including phenoxy) is 2. The van der Waals surface area contributed by atoms with Gasteiger partial charge in [0, 0.05) is 16.5 Å². The lowest BCUT2D eigenvalue weighted by Gasteiger charge is -2.11. The molecule has 0 atom stereocenters. The van der Waals surface area contributed by atoms with Gasteiger partial charge in [0.2, 0.25) is 0 Å². The van der Waals surface area contributed by atoms with E-state index in [-0.39, 0.29) is 27.8 Å². The van der Waals surface area contributed by atoms with Crippen molar-refractivity contribution in [2.24, 2.45) is 0 Å². The molecule has 0 aliphatic heterocycles. The minimum absolute atomic E-state index is 0.0880. The molecule has 5 aromatic rings. The molecule has 0 aliphatic rings. The third-order valence-corrected chi connectivity index (χ3v) is 7.13. The van der Waals surface area contributed by atoms with E-state index in [0.717, 1.165) is 43.9 Å². The molecule has 0 radical (unpaired) electrons. The maximum absolute atomic E-state index is 14.4. The van der Waals surface area contributed by atoms with Gasteiger partial charge in [0.15, 0.2) is 16.9 Å². The molecule has 3 N–H and O–H groups in total. The van der Waals surface area contributed by atoms with E-state index in [9.17, 15) is 14.0 Å². The van der Waals surface area contributed by atoms with Gasteiger partial charge < -0.3 is 25.1 Å². The zero-order chi connectivity index (χ0) is 28.8. The monoisotopic (exact) mass is 553 g/mol. The number of rotatable bonds is 11. The molecule has 0 aliphatic carbocycles. The van der Waals surface area contributed by atoms with E-state index in [0.29, 0.717) is 16.6 Å². The lowest BCUT2D eigenvalue weighted by atomic mass is 10.1. The summed E-state index contributed by atoms with van der Waals surface area (Å²) in [5, 5.41) is 6.96. The van der Waals surface area contributed by atoms with E-state index in [1.807, 2.05) is 42.5 Å². The number of aromatic amines is 1. The SMILES string of the molecule is COc1ccc(CCNCCCc2ccc(NC(=O)c3cccc4c(=O)c5cccc(F)c5[nH]c34)cc2)cc1OC. The number of nitrogens with one attached hydrogen (secondary N) is 3. The highest BCUT2D eigenvalue weighted by Gasteiger charge is 2.15. The van der Waals surface area contributed by atoms with E-state index in [4.69, 9.17) is 9.47 Å². The van der Waals surface area contributed by atoms with Crippen LogP contribution in [-0.4, -0.2) is 38.2 Å². The van der Waals surface area contributed by atoms with Gasteiger partial charge in [-0.1, -0.05) is 30.3 Å². The van der Waals surface area contributed by atoms with Crippen LogP contribution in [0.4, 0.5) is 10.1 Å². The number of carbonyl (C=O) groups excluding carboxylic acids is 1. The normalized spacial score (nSPS) is 11.1.